The summed E-state index contributed by atoms with van der Waals surface area (Å²) in [4.78, 5) is 5.78. The number of aryl methyl sites for hydroxylation is 1. The molecule has 3 heterocycles. The van der Waals surface area contributed by atoms with Gasteiger partial charge in [-0.2, -0.15) is 5.26 Å². The molecule has 5 nitrogen and oxygen atoms in total. The van der Waals surface area contributed by atoms with Crippen LogP contribution in [-0.2, 0) is 17.8 Å². The van der Waals surface area contributed by atoms with Crippen LogP contribution in [0, 0.1) is 18.3 Å². The lowest BCUT2D eigenvalue weighted by molar-refractivity contribution is -0.656. The van der Waals surface area contributed by atoms with E-state index in [4.69, 9.17) is 4.74 Å². The zero-order chi connectivity index (χ0) is 15.0. The van der Waals surface area contributed by atoms with E-state index in [2.05, 4.69) is 42.0 Å². The number of rotatable bonds is 1. The van der Waals surface area contributed by atoms with Gasteiger partial charge in [-0.05, 0) is 26.3 Å². The molecule has 0 aromatic carbocycles. The Labute approximate surface area is 125 Å². The van der Waals surface area contributed by atoms with Crippen molar-refractivity contribution in [2.45, 2.75) is 39.4 Å². The number of aromatic nitrogens is 1. The number of quaternary nitrogens is 1. The van der Waals surface area contributed by atoms with Gasteiger partial charge in [0.1, 0.15) is 43.5 Å². The lowest BCUT2D eigenvalue weighted by atomic mass is 9.88. The van der Waals surface area contributed by atoms with Crippen LogP contribution in [0.2, 0.25) is 0 Å². The second-order valence-corrected chi connectivity index (χ2v) is 6.62. The van der Waals surface area contributed by atoms with E-state index in [1.165, 1.54) is 5.56 Å². The summed E-state index contributed by atoms with van der Waals surface area (Å²) in [6, 6.07) is 2.45. The number of nitrogens with two attached hydrogens (primary N) is 1. The van der Waals surface area contributed by atoms with Crippen LogP contribution in [0.5, 0.6) is 0 Å². The second-order valence-electron chi connectivity index (χ2n) is 6.62. The van der Waals surface area contributed by atoms with E-state index in [1.807, 2.05) is 0 Å². The third-order valence-electron chi connectivity index (χ3n) is 4.51. The molecule has 2 aliphatic heterocycles. The number of anilines is 1. The average Bonchev–Trinajstić information content (AvgIpc) is 2.46. The van der Waals surface area contributed by atoms with E-state index in [9.17, 15) is 5.26 Å². The van der Waals surface area contributed by atoms with Gasteiger partial charge in [0, 0.05) is 12.0 Å². The Balaban J connectivity index is 2.10. The van der Waals surface area contributed by atoms with Gasteiger partial charge in [0.15, 0.2) is 0 Å². The van der Waals surface area contributed by atoms with Crippen molar-refractivity contribution >= 4 is 5.82 Å². The van der Waals surface area contributed by atoms with E-state index in [0.717, 1.165) is 55.2 Å². The molecule has 5 heteroatoms. The smallest absolute Gasteiger partial charge is 0.293 e. The van der Waals surface area contributed by atoms with E-state index in [-0.39, 0.29) is 5.60 Å². The van der Waals surface area contributed by atoms with Gasteiger partial charge < -0.3 is 10.1 Å². The summed E-state index contributed by atoms with van der Waals surface area (Å²) in [5, 5.41) is 12.0. The second kappa shape index (κ2) is 5.28. The number of nitrogens with zero attached hydrogens (tertiary/aromatic N) is 2. The summed E-state index contributed by atoms with van der Waals surface area (Å²) in [7, 11) is 0. The Morgan fingerprint density at radius 3 is 2.67 bits per heavy atom. The molecule has 1 aromatic rings. The predicted molar refractivity (Wildman–Crippen MR) is 78.9 cm³/mol. The number of pyridine rings is 1. The minimum Gasteiger partial charge on any atom is -0.370 e. The number of nitriles is 1. The fraction of sp³-hybridized carbons (Fsp3) is 0.625. The van der Waals surface area contributed by atoms with Crippen LogP contribution in [0.1, 0.15) is 36.2 Å². The largest absolute Gasteiger partial charge is 0.370 e. The Bertz CT molecular complexity index is 597. The zero-order valence-corrected chi connectivity index (χ0v) is 13.1. The number of aromatic amines is 1. The van der Waals surface area contributed by atoms with Gasteiger partial charge >= 0.3 is 0 Å². The number of piperazine rings is 1. The fourth-order valence-corrected chi connectivity index (χ4v) is 3.30. The van der Waals surface area contributed by atoms with E-state index in [1.54, 1.807) is 0 Å². The molecule has 21 heavy (non-hydrogen) atoms. The molecule has 0 saturated carbocycles. The highest BCUT2D eigenvalue weighted by Crippen LogP contribution is 2.33. The van der Waals surface area contributed by atoms with Gasteiger partial charge in [0.05, 0.1) is 12.2 Å². The maximum absolute atomic E-state index is 9.72. The normalized spacial score (nSPS) is 20.8. The van der Waals surface area contributed by atoms with Crippen molar-refractivity contribution in [3.8, 4) is 6.07 Å². The Kier molecular flexibility index (Phi) is 3.60. The molecule has 0 atom stereocenters. The molecule has 3 N–H and O–H groups in total. The summed E-state index contributed by atoms with van der Waals surface area (Å²) in [5.41, 5.74) is 4.09. The molecule has 1 saturated heterocycles. The Morgan fingerprint density at radius 2 is 2.00 bits per heavy atom. The molecule has 2 aliphatic rings. The minimum atomic E-state index is -0.195. The molecule has 0 radical (unpaired) electrons. The van der Waals surface area contributed by atoms with E-state index < -0.39 is 0 Å². The summed E-state index contributed by atoms with van der Waals surface area (Å²) < 4.78 is 5.91. The number of nitrogens with one attached hydrogen (secondary N) is 1. The molecular formula is C16H24N4O+2. The highest BCUT2D eigenvalue weighted by atomic mass is 16.5. The standard InChI is InChI=1S/C16H22N4O/c1-11-14-10-21-16(2,3)8-12(14)13(9-17)15(19-11)20-6-4-18-5-7-20/h18H,4-8,10H2,1-3H3/p+2. The SMILES string of the molecule is Cc1[nH+]c(N2CC[NH2+]CC2)c(C#N)c2c1COC(C)(C)C2. The lowest BCUT2D eigenvalue weighted by Crippen LogP contribution is -2.90. The molecule has 0 bridgehead atoms. The number of ether oxygens (including phenoxy) is 1. The average molecular weight is 288 g/mol. The van der Waals surface area contributed by atoms with E-state index in [0.29, 0.717) is 6.61 Å². The van der Waals surface area contributed by atoms with Gasteiger partial charge in [0.25, 0.3) is 5.82 Å². The van der Waals surface area contributed by atoms with E-state index >= 15 is 0 Å². The van der Waals surface area contributed by atoms with Crippen molar-refractivity contribution in [3.05, 3.63) is 22.4 Å². The maximum atomic E-state index is 9.72. The predicted octanol–water partition coefficient (Wildman–Crippen LogP) is -0.0845. The number of hydrogen-bond acceptors (Lipinski definition) is 3. The first-order valence-corrected chi connectivity index (χ1v) is 7.70. The van der Waals surface area contributed by atoms with Crippen molar-refractivity contribution in [1.29, 1.82) is 5.26 Å². The molecule has 3 rings (SSSR count). The van der Waals surface area contributed by atoms with Crippen molar-refractivity contribution < 1.29 is 15.0 Å². The Hall–Kier alpha value is -1.64. The molecule has 0 amide bonds. The molecule has 0 spiro atoms. The van der Waals surface area contributed by atoms with Crippen LogP contribution in [0.25, 0.3) is 0 Å². The van der Waals surface area contributed by atoms with Crippen LogP contribution in [-0.4, -0.2) is 31.8 Å². The number of hydrogen-bond donors (Lipinski definition) is 1. The maximum Gasteiger partial charge on any atom is 0.293 e. The van der Waals surface area contributed by atoms with Gasteiger partial charge in [-0.25, -0.2) is 9.88 Å². The topological polar surface area (TPSA) is 67.0 Å². The summed E-state index contributed by atoms with van der Waals surface area (Å²) >= 11 is 0. The monoisotopic (exact) mass is 288 g/mol. The van der Waals surface area contributed by atoms with Gasteiger partial charge in [-0.3, -0.25) is 0 Å². The van der Waals surface area contributed by atoms with Crippen LogP contribution in [0.4, 0.5) is 5.82 Å². The summed E-state index contributed by atoms with van der Waals surface area (Å²) in [6.07, 6.45) is 0.799. The van der Waals surface area contributed by atoms with Gasteiger partial charge in [-0.15, -0.1) is 0 Å². The minimum absolute atomic E-state index is 0.195. The fourth-order valence-electron chi connectivity index (χ4n) is 3.30. The first kappa shape index (κ1) is 14.3. The summed E-state index contributed by atoms with van der Waals surface area (Å²) in [5.74, 6) is 1.000. The first-order chi connectivity index (χ1) is 10.0. The van der Waals surface area contributed by atoms with Crippen LogP contribution in [0.15, 0.2) is 0 Å². The molecule has 0 unspecified atom stereocenters. The quantitative estimate of drug-likeness (QED) is 0.786. The lowest BCUT2D eigenvalue weighted by Gasteiger charge is -2.33. The zero-order valence-electron chi connectivity index (χ0n) is 13.1. The highest BCUT2D eigenvalue weighted by Gasteiger charge is 2.35. The van der Waals surface area contributed by atoms with Crippen molar-refractivity contribution in [1.82, 2.24) is 0 Å². The van der Waals surface area contributed by atoms with Crippen LogP contribution < -0.4 is 15.2 Å². The molecular weight excluding hydrogens is 264 g/mol. The molecule has 1 aromatic heterocycles. The van der Waals surface area contributed by atoms with Gasteiger partial charge in [0.2, 0.25) is 0 Å². The number of fused-ring (bicyclic) bond motifs is 1. The Morgan fingerprint density at radius 1 is 1.29 bits per heavy atom. The third kappa shape index (κ3) is 2.61. The van der Waals surface area contributed by atoms with Crippen LogP contribution >= 0.6 is 0 Å². The van der Waals surface area contributed by atoms with Crippen LogP contribution in [0.3, 0.4) is 0 Å². The van der Waals surface area contributed by atoms with Crippen molar-refractivity contribution in [3.63, 3.8) is 0 Å². The molecule has 0 aliphatic carbocycles. The highest BCUT2D eigenvalue weighted by molar-refractivity contribution is 5.58. The van der Waals surface area contributed by atoms with Crippen molar-refractivity contribution in [2.75, 3.05) is 31.1 Å². The third-order valence-corrected chi connectivity index (χ3v) is 4.51. The van der Waals surface area contributed by atoms with Gasteiger partial charge in [-0.1, -0.05) is 0 Å². The number of H-pyrrole nitrogens is 1. The summed E-state index contributed by atoms with van der Waals surface area (Å²) in [6.45, 7) is 11.0. The molecule has 112 valence electrons. The van der Waals surface area contributed by atoms with Crippen molar-refractivity contribution in [2.24, 2.45) is 0 Å². The molecule has 1 fully saturated rings. The first-order valence-electron chi connectivity index (χ1n) is 7.70.